The third kappa shape index (κ3) is 4.19. The Morgan fingerprint density at radius 1 is 1.17 bits per heavy atom. The number of alkyl halides is 2. The number of benzene rings is 1. The van der Waals surface area contributed by atoms with Gasteiger partial charge in [0.15, 0.2) is 5.58 Å². The molecule has 1 aromatic carbocycles. The van der Waals surface area contributed by atoms with E-state index in [-0.39, 0.29) is 25.0 Å². The lowest BCUT2D eigenvalue weighted by Gasteiger charge is -2.34. The minimum Gasteiger partial charge on any atom is -0.436 e. The molecule has 1 saturated carbocycles. The Kier molecular flexibility index (Phi) is 5.63. The van der Waals surface area contributed by atoms with Crippen molar-refractivity contribution in [2.24, 2.45) is 5.92 Å². The van der Waals surface area contributed by atoms with Crippen LogP contribution in [0.25, 0.3) is 33.3 Å². The van der Waals surface area contributed by atoms with Crippen LogP contribution in [0.3, 0.4) is 0 Å². The SMILES string of the molecule is CNc1ncc(-c2nc3cc(N4CCO[C@@H](C(F)F)C4)ccc3o2)c2cc(NC(=O)C3CC3)ncc12. The van der Waals surface area contributed by atoms with Gasteiger partial charge in [-0.15, -0.1) is 0 Å². The molecule has 1 aliphatic carbocycles. The number of ether oxygens (including phenoxy) is 1. The lowest BCUT2D eigenvalue weighted by Crippen LogP contribution is -2.45. The molecule has 3 aromatic heterocycles. The molecule has 186 valence electrons. The van der Waals surface area contributed by atoms with E-state index in [4.69, 9.17) is 9.15 Å². The first-order valence-corrected chi connectivity index (χ1v) is 11.8. The summed E-state index contributed by atoms with van der Waals surface area (Å²) in [6.07, 6.45) is 1.48. The first-order chi connectivity index (χ1) is 17.5. The molecule has 4 aromatic rings. The summed E-state index contributed by atoms with van der Waals surface area (Å²) in [5.41, 5.74) is 2.59. The normalized spacial score (nSPS) is 18.2. The smallest absolute Gasteiger partial charge is 0.266 e. The van der Waals surface area contributed by atoms with Crippen molar-refractivity contribution in [3.05, 3.63) is 36.7 Å². The highest BCUT2D eigenvalue weighted by atomic mass is 19.3. The number of carbonyl (C=O) groups excluding carboxylic acids is 1. The number of hydrogen-bond donors (Lipinski definition) is 2. The van der Waals surface area contributed by atoms with E-state index in [1.54, 1.807) is 31.6 Å². The summed E-state index contributed by atoms with van der Waals surface area (Å²) < 4.78 is 37.6. The highest BCUT2D eigenvalue weighted by Crippen LogP contribution is 2.35. The first-order valence-electron chi connectivity index (χ1n) is 11.8. The van der Waals surface area contributed by atoms with Gasteiger partial charge >= 0.3 is 0 Å². The van der Waals surface area contributed by atoms with Crippen LogP contribution in [0.1, 0.15) is 12.8 Å². The van der Waals surface area contributed by atoms with Crippen molar-refractivity contribution in [2.45, 2.75) is 25.4 Å². The zero-order chi connectivity index (χ0) is 24.8. The second kappa shape index (κ2) is 8.98. The zero-order valence-electron chi connectivity index (χ0n) is 19.5. The van der Waals surface area contributed by atoms with Gasteiger partial charge in [-0.3, -0.25) is 4.79 Å². The molecule has 2 N–H and O–H groups in total. The summed E-state index contributed by atoms with van der Waals surface area (Å²) in [6.45, 7) is 0.859. The standard InChI is InChI=1S/C25H24F2N6O3/c1-28-23-16-10-29-21(32-24(34)13-2-3-13)9-15(16)17(11-30-23)25-31-18-8-14(4-5-19(18)36-25)33-6-7-35-20(12-33)22(26)27/h4-5,8-11,13,20,22H,2-3,6-7,12H2,1H3,(H,28,30)(H,29,32,34)/t20-/m1/s1. The quantitative estimate of drug-likeness (QED) is 0.409. The molecule has 0 radical (unpaired) electrons. The van der Waals surface area contributed by atoms with Crippen molar-refractivity contribution in [1.82, 2.24) is 15.0 Å². The van der Waals surface area contributed by atoms with Gasteiger partial charge in [0, 0.05) is 54.9 Å². The number of amides is 1. The number of nitrogens with zero attached hydrogens (tertiary/aromatic N) is 4. The van der Waals surface area contributed by atoms with Crippen molar-refractivity contribution in [2.75, 3.05) is 42.3 Å². The summed E-state index contributed by atoms with van der Waals surface area (Å²) in [6, 6.07) is 7.25. The number of pyridine rings is 2. The van der Waals surface area contributed by atoms with Gasteiger partial charge in [-0.05, 0) is 37.1 Å². The third-order valence-corrected chi connectivity index (χ3v) is 6.55. The lowest BCUT2D eigenvalue weighted by molar-refractivity contribution is -0.117. The number of carbonyl (C=O) groups is 1. The van der Waals surface area contributed by atoms with Crippen LogP contribution >= 0.6 is 0 Å². The van der Waals surface area contributed by atoms with Crippen LogP contribution < -0.4 is 15.5 Å². The minimum atomic E-state index is -2.54. The van der Waals surface area contributed by atoms with Crippen LogP contribution in [0.5, 0.6) is 0 Å². The molecule has 0 spiro atoms. The minimum absolute atomic E-state index is 0.0297. The van der Waals surface area contributed by atoms with Crippen molar-refractivity contribution < 1.29 is 22.7 Å². The van der Waals surface area contributed by atoms with Gasteiger partial charge in [0.05, 0.1) is 12.2 Å². The van der Waals surface area contributed by atoms with Crippen LogP contribution in [0.15, 0.2) is 41.1 Å². The Morgan fingerprint density at radius 3 is 2.81 bits per heavy atom. The van der Waals surface area contributed by atoms with Gasteiger partial charge in [0.1, 0.15) is 23.3 Å². The first kappa shape index (κ1) is 22.6. The Morgan fingerprint density at radius 2 is 2.03 bits per heavy atom. The molecule has 9 nitrogen and oxygen atoms in total. The van der Waals surface area contributed by atoms with Crippen LogP contribution in [0, 0.1) is 5.92 Å². The lowest BCUT2D eigenvalue weighted by atomic mass is 10.1. The maximum absolute atomic E-state index is 13.2. The number of rotatable bonds is 6. The van der Waals surface area contributed by atoms with Crippen LogP contribution in [-0.4, -0.2) is 60.1 Å². The van der Waals surface area contributed by atoms with Crippen molar-refractivity contribution in [3.8, 4) is 11.5 Å². The van der Waals surface area contributed by atoms with Crippen LogP contribution in [-0.2, 0) is 9.53 Å². The molecule has 6 rings (SSSR count). The van der Waals surface area contributed by atoms with Crippen LogP contribution in [0.4, 0.5) is 26.1 Å². The molecule has 0 unspecified atom stereocenters. The summed E-state index contributed by atoms with van der Waals surface area (Å²) in [5, 5.41) is 7.47. The van der Waals surface area contributed by atoms with E-state index in [0.29, 0.717) is 40.7 Å². The number of fused-ring (bicyclic) bond motifs is 2. The van der Waals surface area contributed by atoms with E-state index < -0.39 is 12.5 Å². The Bertz CT molecular complexity index is 1450. The monoisotopic (exact) mass is 494 g/mol. The fourth-order valence-electron chi connectivity index (χ4n) is 4.44. The maximum Gasteiger partial charge on any atom is 0.266 e. The largest absolute Gasteiger partial charge is 0.436 e. The van der Waals surface area contributed by atoms with E-state index in [1.807, 2.05) is 17.0 Å². The van der Waals surface area contributed by atoms with Gasteiger partial charge in [-0.25, -0.2) is 23.7 Å². The average Bonchev–Trinajstić information content (AvgIpc) is 3.67. The molecular weight excluding hydrogens is 470 g/mol. The molecular formula is C25H24F2N6O3. The van der Waals surface area contributed by atoms with Gasteiger partial charge in [0.25, 0.3) is 6.43 Å². The Hall–Kier alpha value is -3.86. The molecule has 11 heteroatoms. The van der Waals surface area contributed by atoms with E-state index in [2.05, 4.69) is 25.6 Å². The topological polar surface area (TPSA) is 105 Å². The number of anilines is 3. The van der Waals surface area contributed by atoms with Gasteiger partial charge < -0.3 is 24.7 Å². The number of aromatic nitrogens is 3. The summed E-state index contributed by atoms with van der Waals surface area (Å²) in [4.78, 5) is 27.7. The molecule has 36 heavy (non-hydrogen) atoms. The summed E-state index contributed by atoms with van der Waals surface area (Å²) >= 11 is 0. The predicted molar refractivity (Wildman–Crippen MR) is 131 cm³/mol. The molecule has 1 saturated heterocycles. The fraction of sp³-hybridized carbons (Fsp3) is 0.360. The van der Waals surface area contributed by atoms with E-state index in [9.17, 15) is 13.6 Å². The van der Waals surface area contributed by atoms with Gasteiger partial charge in [0.2, 0.25) is 11.8 Å². The van der Waals surface area contributed by atoms with Crippen molar-refractivity contribution >= 4 is 45.1 Å². The molecule has 1 amide bonds. The molecule has 2 fully saturated rings. The molecule has 1 aliphatic heterocycles. The molecule has 2 aliphatic rings. The van der Waals surface area contributed by atoms with Gasteiger partial charge in [-0.1, -0.05) is 0 Å². The number of halogens is 2. The Balaban J connectivity index is 1.37. The average molecular weight is 495 g/mol. The molecule has 0 bridgehead atoms. The zero-order valence-corrected chi connectivity index (χ0v) is 19.5. The van der Waals surface area contributed by atoms with E-state index in [0.717, 1.165) is 29.3 Å². The second-order valence-corrected chi connectivity index (χ2v) is 9.01. The number of hydrogen-bond acceptors (Lipinski definition) is 8. The number of nitrogens with one attached hydrogen (secondary N) is 2. The number of oxazole rings is 1. The summed E-state index contributed by atoms with van der Waals surface area (Å²) in [5.74, 6) is 1.48. The van der Waals surface area contributed by atoms with Crippen molar-refractivity contribution in [3.63, 3.8) is 0 Å². The highest BCUT2D eigenvalue weighted by Gasteiger charge is 2.30. The Labute approximate surface area is 204 Å². The third-order valence-electron chi connectivity index (χ3n) is 6.55. The predicted octanol–water partition coefficient (Wildman–Crippen LogP) is 4.30. The van der Waals surface area contributed by atoms with Crippen molar-refractivity contribution in [1.29, 1.82) is 0 Å². The van der Waals surface area contributed by atoms with E-state index >= 15 is 0 Å². The highest BCUT2D eigenvalue weighted by molar-refractivity contribution is 6.03. The molecule has 4 heterocycles. The second-order valence-electron chi connectivity index (χ2n) is 9.01. The van der Waals surface area contributed by atoms with Crippen LogP contribution in [0.2, 0.25) is 0 Å². The maximum atomic E-state index is 13.2. The van der Waals surface area contributed by atoms with E-state index in [1.165, 1.54) is 0 Å². The fourth-order valence-corrected chi connectivity index (χ4v) is 4.44. The number of morpholine rings is 1. The summed E-state index contributed by atoms with van der Waals surface area (Å²) in [7, 11) is 1.77. The molecule has 1 atom stereocenters. The van der Waals surface area contributed by atoms with Gasteiger partial charge in [-0.2, -0.15) is 0 Å².